The first-order valence-electron chi connectivity index (χ1n) is 6.99. The van der Waals surface area contributed by atoms with Crippen LogP contribution in [0.2, 0.25) is 0 Å². The summed E-state index contributed by atoms with van der Waals surface area (Å²) in [5, 5.41) is 0. The molecule has 0 bridgehead atoms. The number of esters is 1. The van der Waals surface area contributed by atoms with Crippen LogP contribution in [0.3, 0.4) is 0 Å². The van der Waals surface area contributed by atoms with E-state index in [9.17, 15) is 4.79 Å². The topological polar surface area (TPSA) is 53.4 Å². The molecule has 0 amide bonds. The standard InChI is InChI=1S/C16H18N2O3/c1-20-13-5-3-4-11(8-13)14-10-18-7-6-12(16(19)21-2)9-15(18)17-14/h3-5,8,10,12H,6-7,9H2,1-2H3. The minimum absolute atomic E-state index is 0.0805. The maximum absolute atomic E-state index is 11.7. The molecule has 0 fully saturated rings. The van der Waals surface area contributed by atoms with Gasteiger partial charge in [0.25, 0.3) is 0 Å². The highest BCUT2D eigenvalue weighted by molar-refractivity contribution is 5.72. The Hall–Kier alpha value is -2.30. The smallest absolute Gasteiger partial charge is 0.309 e. The summed E-state index contributed by atoms with van der Waals surface area (Å²) in [4.78, 5) is 16.3. The number of fused-ring (bicyclic) bond motifs is 1. The van der Waals surface area contributed by atoms with E-state index < -0.39 is 0 Å². The molecular formula is C16H18N2O3. The molecule has 110 valence electrons. The lowest BCUT2D eigenvalue weighted by Crippen LogP contribution is -2.26. The number of methoxy groups -OCH3 is 2. The van der Waals surface area contributed by atoms with Gasteiger partial charge in [0.05, 0.1) is 25.8 Å². The lowest BCUT2D eigenvalue weighted by atomic mass is 9.98. The summed E-state index contributed by atoms with van der Waals surface area (Å²) in [6.07, 6.45) is 3.47. The van der Waals surface area contributed by atoms with Gasteiger partial charge in [0, 0.05) is 24.7 Å². The van der Waals surface area contributed by atoms with E-state index in [1.807, 2.05) is 30.5 Å². The van der Waals surface area contributed by atoms with Gasteiger partial charge in [-0.25, -0.2) is 4.98 Å². The molecule has 2 heterocycles. The number of aryl methyl sites for hydroxylation is 1. The van der Waals surface area contributed by atoms with Crippen LogP contribution in [0.5, 0.6) is 5.75 Å². The van der Waals surface area contributed by atoms with E-state index in [2.05, 4.69) is 9.55 Å². The van der Waals surface area contributed by atoms with Crippen molar-refractivity contribution in [1.82, 2.24) is 9.55 Å². The Morgan fingerprint density at radius 3 is 3.00 bits per heavy atom. The molecule has 2 aromatic rings. The van der Waals surface area contributed by atoms with Gasteiger partial charge in [0.15, 0.2) is 0 Å². The molecule has 0 radical (unpaired) electrons. The Bertz CT molecular complexity index is 663. The lowest BCUT2D eigenvalue weighted by Gasteiger charge is -2.20. The number of carbonyl (C=O) groups excluding carboxylic acids is 1. The fourth-order valence-corrected chi connectivity index (χ4v) is 2.72. The Labute approximate surface area is 123 Å². The maximum Gasteiger partial charge on any atom is 0.309 e. The third-order valence-corrected chi connectivity index (χ3v) is 3.91. The summed E-state index contributed by atoms with van der Waals surface area (Å²) >= 11 is 0. The first-order chi connectivity index (χ1) is 10.2. The number of carbonyl (C=O) groups is 1. The number of nitrogens with zero attached hydrogens (tertiary/aromatic N) is 2. The predicted molar refractivity (Wildman–Crippen MR) is 78.0 cm³/mol. The van der Waals surface area contributed by atoms with Crippen LogP contribution in [0.1, 0.15) is 12.2 Å². The number of hydrogen-bond acceptors (Lipinski definition) is 4. The highest BCUT2D eigenvalue weighted by Crippen LogP contribution is 2.27. The second-order valence-corrected chi connectivity index (χ2v) is 5.18. The SMILES string of the molecule is COC(=O)C1CCn2cc(-c3cccc(OC)c3)nc2C1. The van der Waals surface area contributed by atoms with Crippen LogP contribution in [0.25, 0.3) is 11.3 Å². The number of hydrogen-bond donors (Lipinski definition) is 0. The van der Waals surface area contributed by atoms with Gasteiger partial charge in [-0.1, -0.05) is 12.1 Å². The van der Waals surface area contributed by atoms with Crippen molar-refractivity contribution < 1.29 is 14.3 Å². The molecule has 1 atom stereocenters. The Morgan fingerprint density at radius 1 is 1.38 bits per heavy atom. The van der Waals surface area contributed by atoms with Crippen molar-refractivity contribution >= 4 is 5.97 Å². The number of rotatable bonds is 3. The molecule has 0 spiro atoms. The van der Waals surface area contributed by atoms with Crippen molar-refractivity contribution in [1.29, 1.82) is 0 Å². The Morgan fingerprint density at radius 2 is 2.24 bits per heavy atom. The van der Waals surface area contributed by atoms with Gasteiger partial charge < -0.3 is 14.0 Å². The van der Waals surface area contributed by atoms with Crippen molar-refractivity contribution in [3.05, 3.63) is 36.3 Å². The molecule has 1 aliphatic rings. The molecule has 1 aromatic heterocycles. The largest absolute Gasteiger partial charge is 0.497 e. The van der Waals surface area contributed by atoms with E-state index >= 15 is 0 Å². The third kappa shape index (κ3) is 2.63. The average Bonchev–Trinajstić information content (AvgIpc) is 2.97. The summed E-state index contributed by atoms with van der Waals surface area (Å²) in [7, 11) is 3.09. The summed E-state index contributed by atoms with van der Waals surface area (Å²) in [5.74, 6) is 1.52. The van der Waals surface area contributed by atoms with Crippen LogP contribution in [0, 0.1) is 5.92 Å². The minimum Gasteiger partial charge on any atom is -0.497 e. The minimum atomic E-state index is -0.146. The molecule has 0 N–H and O–H groups in total. The van der Waals surface area contributed by atoms with Gasteiger partial charge in [-0.15, -0.1) is 0 Å². The Balaban J connectivity index is 1.87. The zero-order chi connectivity index (χ0) is 14.8. The van der Waals surface area contributed by atoms with Gasteiger partial charge in [-0.3, -0.25) is 4.79 Å². The van der Waals surface area contributed by atoms with Gasteiger partial charge >= 0.3 is 5.97 Å². The molecule has 0 saturated heterocycles. The van der Waals surface area contributed by atoms with Crippen LogP contribution in [-0.2, 0) is 22.5 Å². The molecule has 0 saturated carbocycles. The van der Waals surface area contributed by atoms with E-state index in [1.165, 1.54) is 7.11 Å². The first kappa shape index (κ1) is 13.7. The van der Waals surface area contributed by atoms with Crippen LogP contribution in [0.4, 0.5) is 0 Å². The van der Waals surface area contributed by atoms with Crippen molar-refractivity contribution in [3.8, 4) is 17.0 Å². The lowest BCUT2D eigenvalue weighted by molar-refractivity contribution is -0.146. The molecule has 3 rings (SSSR count). The van der Waals surface area contributed by atoms with Gasteiger partial charge in [0.2, 0.25) is 0 Å². The van der Waals surface area contributed by atoms with Crippen molar-refractivity contribution in [2.24, 2.45) is 5.92 Å². The van der Waals surface area contributed by atoms with Crippen molar-refractivity contribution in [2.45, 2.75) is 19.4 Å². The van der Waals surface area contributed by atoms with E-state index in [-0.39, 0.29) is 11.9 Å². The van der Waals surface area contributed by atoms with Crippen LogP contribution in [0.15, 0.2) is 30.5 Å². The first-order valence-corrected chi connectivity index (χ1v) is 6.99. The molecule has 1 unspecified atom stereocenters. The number of ether oxygens (including phenoxy) is 2. The molecule has 5 nitrogen and oxygen atoms in total. The van der Waals surface area contributed by atoms with Crippen LogP contribution >= 0.6 is 0 Å². The summed E-state index contributed by atoms with van der Waals surface area (Å²) in [6.45, 7) is 0.798. The molecule has 21 heavy (non-hydrogen) atoms. The van der Waals surface area contributed by atoms with E-state index in [1.54, 1.807) is 7.11 Å². The number of benzene rings is 1. The highest BCUT2D eigenvalue weighted by Gasteiger charge is 2.27. The molecular weight excluding hydrogens is 268 g/mol. The molecule has 1 aliphatic heterocycles. The summed E-state index contributed by atoms with van der Waals surface area (Å²) in [5.41, 5.74) is 1.93. The number of imidazole rings is 1. The van der Waals surface area contributed by atoms with Crippen LogP contribution < -0.4 is 4.74 Å². The second-order valence-electron chi connectivity index (χ2n) is 5.18. The van der Waals surface area contributed by atoms with Crippen molar-refractivity contribution in [2.75, 3.05) is 14.2 Å². The quantitative estimate of drug-likeness (QED) is 0.812. The Kier molecular flexibility index (Phi) is 3.64. The van der Waals surface area contributed by atoms with Crippen molar-refractivity contribution in [3.63, 3.8) is 0 Å². The zero-order valence-electron chi connectivity index (χ0n) is 12.2. The fourth-order valence-electron chi connectivity index (χ4n) is 2.72. The second kappa shape index (κ2) is 5.60. The average molecular weight is 286 g/mol. The van der Waals surface area contributed by atoms with E-state index in [0.29, 0.717) is 6.42 Å². The van der Waals surface area contributed by atoms with E-state index in [4.69, 9.17) is 9.47 Å². The summed E-state index contributed by atoms with van der Waals surface area (Å²) in [6, 6.07) is 7.83. The molecule has 5 heteroatoms. The van der Waals surface area contributed by atoms with Crippen LogP contribution in [-0.4, -0.2) is 29.7 Å². The third-order valence-electron chi connectivity index (χ3n) is 3.91. The summed E-state index contributed by atoms with van der Waals surface area (Å²) < 4.78 is 12.2. The highest BCUT2D eigenvalue weighted by atomic mass is 16.5. The molecule has 1 aromatic carbocycles. The van der Waals surface area contributed by atoms with E-state index in [0.717, 1.165) is 35.8 Å². The molecule has 0 aliphatic carbocycles. The normalized spacial score (nSPS) is 17.1. The fraction of sp³-hybridized carbons (Fsp3) is 0.375. The number of aromatic nitrogens is 2. The maximum atomic E-state index is 11.7. The van der Waals surface area contributed by atoms with Gasteiger partial charge in [-0.05, 0) is 18.6 Å². The zero-order valence-corrected chi connectivity index (χ0v) is 12.2. The predicted octanol–water partition coefficient (Wildman–Crippen LogP) is 2.29. The van der Waals surface area contributed by atoms with Gasteiger partial charge in [-0.2, -0.15) is 0 Å². The van der Waals surface area contributed by atoms with Gasteiger partial charge in [0.1, 0.15) is 11.6 Å². The monoisotopic (exact) mass is 286 g/mol.